The summed E-state index contributed by atoms with van der Waals surface area (Å²) in [5.74, 6) is 10.2. The van der Waals surface area contributed by atoms with Gasteiger partial charge in [0.2, 0.25) is 0 Å². The van der Waals surface area contributed by atoms with Crippen molar-refractivity contribution in [2.45, 2.75) is 6.18 Å². The molecule has 0 atom stereocenters. The SMILES string of the molecule is CN(N)/N=C(\N)c1cc(NC(=O)c2cncc(C#Cc3cnc4cccnn34)c2)cc(C(F)(F)F)c1. The smallest absolute Gasteiger partial charge is 0.382 e. The second-order valence-electron chi connectivity index (χ2n) is 7.46. The van der Waals surface area contributed by atoms with Crippen LogP contribution in [0.4, 0.5) is 18.9 Å². The van der Waals surface area contributed by atoms with Crippen LogP contribution in [0.25, 0.3) is 5.65 Å². The Morgan fingerprint density at radius 3 is 2.69 bits per heavy atom. The average Bonchev–Trinajstić information content (AvgIpc) is 3.25. The molecule has 5 N–H and O–H groups in total. The number of anilines is 1. The summed E-state index contributed by atoms with van der Waals surface area (Å²) in [7, 11) is 1.36. The molecule has 0 saturated carbocycles. The number of halogens is 3. The number of imidazole rings is 1. The molecule has 36 heavy (non-hydrogen) atoms. The van der Waals surface area contributed by atoms with E-state index in [0.29, 0.717) is 16.9 Å². The molecule has 13 heteroatoms. The Balaban J connectivity index is 1.61. The van der Waals surface area contributed by atoms with E-state index in [1.807, 2.05) is 0 Å². The molecule has 0 aliphatic rings. The molecule has 0 fully saturated rings. The van der Waals surface area contributed by atoms with Crippen LogP contribution in [0.2, 0.25) is 0 Å². The van der Waals surface area contributed by atoms with E-state index >= 15 is 0 Å². The Labute approximate surface area is 202 Å². The maximum absolute atomic E-state index is 13.4. The molecule has 0 radical (unpaired) electrons. The van der Waals surface area contributed by atoms with Gasteiger partial charge in [-0.2, -0.15) is 18.3 Å². The quantitative estimate of drug-likeness (QED) is 0.130. The minimum atomic E-state index is -4.69. The van der Waals surface area contributed by atoms with E-state index in [1.54, 1.807) is 29.0 Å². The number of carbonyl (C=O) groups excluding carboxylic acids is 1. The fraction of sp³-hybridized carbons (Fsp3) is 0.0870. The van der Waals surface area contributed by atoms with E-state index in [4.69, 9.17) is 11.6 Å². The van der Waals surface area contributed by atoms with Crippen molar-refractivity contribution in [1.82, 2.24) is 24.7 Å². The Kier molecular flexibility index (Phi) is 6.53. The van der Waals surface area contributed by atoms with Crippen LogP contribution in [0.15, 0.2) is 66.3 Å². The number of amides is 1. The molecule has 10 nitrogen and oxygen atoms in total. The van der Waals surface area contributed by atoms with Crippen molar-refractivity contribution >= 4 is 23.1 Å². The first-order valence-electron chi connectivity index (χ1n) is 10.2. The molecule has 0 bridgehead atoms. The molecule has 3 heterocycles. The van der Waals surface area contributed by atoms with Gasteiger partial charge in [-0.05, 0) is 42.3 Å². The number of nitrogens with two attached hydrogens (primary N) is 2. The zero-order valence-electron chi connectivity index (χ0n) is 18.7. The minimum absolute atomic E-state index is 0.0724. The van der Waals surface area contributed by atoms with E-state index in [2.05, 4.69) is 37.3 Å². The highest BCUT2D eigenvalue weighted by atomic mass is 19.4. The number of nitrogens with one attached hydrogen (secondary N) is 1. The van der Waals surface area contributed by atoms with Crippen LogP contribution >= 0.6 is 0 Å². The van der Waals surface area contributed by atoms with Gasteiger partial charge in [0.25, 0.3) is 5.91 Å². The van der Waals surface area contributed by atoms with Crippen molar-refractivity contribution in [2.75, 3.05) is 12.4 Å². The van der Waals surface area contributed by atoms with E-state index in [-0.39, 0.29) is 22.6 Å². The number of hydrazone groups is 1. The largest absolute Gasteiger partial charge is 0.416 e. The van der Waals surface area contributed by atoms with Crippen LogP contribution in [0.5, 0.6) is 0 Å². The second kappa shape index (κ2) is 9.72. The van der Waals surface area contributed by atoms with Crippen molar-refractivity contribution in [1.29, 1.82) is 0 Å². The van der Waals surface area contributed by atoms with Crippen LogP contribution in [-0.2, 0) is 6.18 Å². The van der Waals surface area contributed by atoms with Gasteiger partial charge in [-0.15, -0.1) is 5.10 Å². The van der Waals surface area contributed by atoms with Gasteiger partial charge in [-0.3, -0.25) is 9.78 Å². The van der Waals surface area contributed by atoms with E-state index in [9.17, 15) is 18.0 Å². The molecule has 0 spiro atoms. The van der Waals surface area contributed by atoms with Gasteiger partial charge < -0.3 is 11.1 Å². The maximum Gasteiger partial charge on any atom is 0.416 e. The summed E-state index contributed by atoms with van der Waals surface area (Å²) in [4.78, 5) is 21.0. The molecule has 0 saturated heterocycles. The number of rotatable bonds is 4. The minimum Gasteiger partial charge on any atom is -0.382 e. The van der Waals surface area contributed by atoms with Gasteiger partial charge in [-0.1, -0.05) is 5.92 Å². The van der Waals surface area contributed by atoms with E-state index in [1.165, 1.54) is 31.6 Å². The van der Waals surface area contributed by atoms with Crippen LogP contribution < -0.4 is 16.9 Å². The molecule has 3 aromatic heterocycles. The third-order valence-electron chi connectivity index (χ3n) is 4.69. The number of fused-ring (bicyclic) bond motifs is 1. The number of nitrogens with zero attached hydrogens (tertiary/aromatic N) is 6. The first-order chi connectivity index (χ1) is 17.1. The Hall–Kier alpha value is -4.96. The topological polar surface area (TPSA) is 140 Å². The number of hydrogen-bond donors (Lipinski definition) is 3. The van der Waals surface area contributed by atoms with Crippen molar-refractivity contribution in [2.24, 2.45) is 16.7 Å². The van der Waals surface area contributed by atoms with E-state index < -0.39 is 17.6 Å². The zero-order valence-corrected chi connectivity index (χ0v) is 18.7. The molecular weight excluding hydrogens is 475 g/mol. The second-order valence-corrected chi connectivity index (χ2v) is 7.46. The predicted molar refractivity (Wildman–Crippen MR) is 125 cm³/mol. The van der Waals surface area contributed by atoms with Crippen LogP contribution in [0.3, 0.4) is 0 Å². The van der Waals surface area contributed by atoms with Gasteiger partial charge in [0.05, 0.1) is 17.3 Å². The Bertz CT molecular complexity index is 1530. The molecule has 0 unspecified atom stereocenters. The van der Waals surface area contributed by atoms with Crippen molar-refractivity contribution < 1.29 is 18.0 Å². The van der Waals surface area contributed by atoms with Gasteiger partial charge in [0, 0.05) is 42.5 Å². The van der Waals surface area contributed by atoms with Gasteiger partial charge >= 0.3 is 6.18 Å². The zero-order chi connectivity index (χ0) is 25.9. The van der Waals surface area contributed by atoms with Crippen LogP contribution in [0, 0.1) is 11.8 Å². The fourth-order valence-electron chi connectivity index (χ4n) is 3.13. The highest BCUT2D eigenvalue weighted by molar-refractivity contribution is 6.05. The lowest BCUT2D eigenvalue weighted by molar-refractivity contribution is -0.137. The maximum atomic E-state index is 13.4. The molecule has 4 aromatic rings. The third-order valence-corrected chi connectivity index (χ3v) is 4.69. The summed E-state index contributed by atoms with van der Waals surface area (Å²) in [6.07, 6.45) is 1.18. The Morgan fingerprint density at radius 2 is 1.94 bits per heavy atom. The lowest BCUT2D eigenvalue weighted by atomic mass is 10.1. The average molecular weight is 493 g/mol. The molecule has 4 rings (SSSR count). The summed E-state index contributed by atoms with van der Waals surface area (Å²) in [5.41, 5.74) is 6.16. The first kappa shape index (κ1) is 24.2. The standard InChI is InChI=1S/C23H18F3N9O/c1-34(28)33-21(27)15-8-17(23(24,25)26)10-18(9-15)32-22(36)16-7-14(11-29-12-16)4-5-19-13-30-20-3-2-6-31-35(19)20/h2-3,6-13H,28H2,1H3,(H2,27,33)(H,32,36). The number of aromatic nitrogens is 4. The molecule has 182 valence electrons. The monoisotopic (exact) mass is 493 g/mol. The predicted octanol–water partition coefficient (Wildman–Crippen LogP) is 2.22. The summed E-state index contributed by atoms with van der Waals surface area (Å²) < 4.78 is 41.8. The van der Waals surface area contributed by atoms with Gasteiger partial charge in [0.1, 0.15) is 5.69 Å². The number of amidine groups is 1. The van der Waals surface area contributed by atoms with E-state index in [0.717, 1.165) is 17.3 Å². The molecule has 1 amide bonds. The van der Waals surface area contributed by atoms with Crippen molar-refractivity contribution in [3.8, 4) is 11.8 Å². The lowest BCUT2D eigenvalue weighted by Crippen LogP contribution is -2.26. The van der Waals surface area contributed by atoms with Crippen LogP contribution in [0.1, 0.15) is 32.7 Å². The normalized spacial score (nSPS) is 11.6. The number of carbonyl (C=O) groups is 1. The molecular formula is C23H18F3N9O. The van der Waals surface area contributed by atoms with Crippen LogP contribution in [-0.4, -0.2) is 43.5 Å². The Morgan fingerprint density at radius 1 is 1.14 bits per heavy atom. The fourth-order valence-corrected chi connectivity index (χ4v) is 3.13. The number of benzene rings is 1. The summed E-state index contributed by atoms with van der Waals surface area (Å²) in [6.45, 7) is 0. The van der Waals surface area contributed by atoms with Gasteiger partial charge in [-0.25, -0.2) is 20.5 Å². The first-order valence-corrected chi connectivity index (χ1v) is 10.2. The van der Waals surface area contributed by atoms with Gasteiger partial charge in [0.15, 0.2) is 11.5 Å². The third kappa shape index (κ3) is 5.57. The molecule has 1 aromatic carbocycles. The summed E-state index contributed by atoms with van der Waals surface area (Å²) in [5, 5.41) is 11.2. The number of alkyl halides is 3. The lowest BCUT2D eigenvalue weighted by Gasteiger charge is -2.14. The number of hydrazine groups is 1. The summed E-state index contributed by atoms with van der Waals surface area (Å²) >= 11 is 0. The number of hydrogen-bond acceptors (Lipinski definition) is 7. The van der Waals surface area contributed by atoms with Crippen molar-refractivity contribution in [3.63, 3.8) is 0 Å². The highest BCUT2D eigenvalue weighted by Crippen LogP contribution is 2.32. The molecule has 0 aliphatic carbocycles. The number of pyridine rings is 1. The summed E-state index contributed by atoms with van der Waals surface area (Å²) in [6, 6.07) is 7.83. The molecule has 0 aliphatic heterocycles. The van der Waals surface area contributed by atoms with Crippen molar-refractivity contribution in [3.05, 3.63) is 89.1 Å². The highest BCUT2D eigenvalue weighted by Gasteiger charge is 2.31.